The summed E-state index contributed by atoms with van der Waals surface area (Å²) in [4.78, 5) is 12.6. The zero-order valence-electron chi connectivity index (χ0n) is 10.2. The second-order valence-corrected chi connectivity index (χ2v) is 4.23. The fraction of sp³-hybridized carbons (Fsp3) is 0.545. The number of nitrogens with zero attached hydrogens (tertiary/aromatic N) is 2. The lowest BCUT2D eigenvalue weighted by atomic mass is 10.2. The molecule has 0 aliphatic heterocycles. The molecule has 18 heavy (non-hydrogen) atoms. The van der Waals surface area contributed by atoms with E-state index in [9.17, 15) is 18.0 Å². The van der Waals surface area contributed by atoms with Gasteiger partial charge in [0.1, 0.15) is 5.69 Å². The largest absolute Gasteiger partial charge is 0.478 e. The van der Waals surface area contributed by atoms with Gasteiger partial charge in [0.15, 0.2) is 0 Å². The summed E-state index contributed by atoms with van der Waals surface area (Å²) in [7, 11) is 3.64. The number of aryl methyl sites for hydroxylation is 1. The second-order valence-electron chi connectivity index (χ2n) is 4.23. The van der Waals surface area contributed by atoms with Crippen molar-refractivity contribution in [1.82, 2.24) is 9.47 Å². The normalized spacial score (nSPS) is 12.1. The lowest BCUT2D eigenvalue weighted by Gasteiger charge is -2.14. The number of aromatic nitrogens is 1. The Bertz CT molecular complexity index is 424. The summed E-state index contributed by atoms with van der Waals surface area (Å²) < 4.78 is 39.3. The predicted molar refractivity (Wildman–Crippen MR) is 59.6 cm³/mol. The van der Waals surface area contributed by atoms with Crippen LogP contribution in [0, 0.1) is 0 Å². The molecule has 1 N–H and O–H groups in total. The van der Waals surface area contributed by atoms with Gasteiger partial charge in [-0.05, 0) is 33.1 Å². The average Bonchev–Trinajstić information content (AvgIpc) is 2.60. The third kappa shape index (κ3) is 3.49. The Morgan fingerprint density at radius 3 is 2.50 bits per heavy atom. The summed E-state index contributed by atoms with van der Waals surface area (Å²) >= 11 is 0. The first-order valence-electron chi connectivity index (χ1n) is 5.38. The van der Waals surface area contributed by atoms with Crippen molar-refractivity contribution in [2.45, 2.75) is 19.1 Å². The molecule has 0 unspecified atom stereocenters. The Hall–Kier alpha value is -1.50. The molecule has 0 atom stereocenters. The molecule has 0 saturated heterocycles. The first-order valence-corrected chi connectivity index (χ1v) is 5.38. The van der Waals surface area contributed by atoms with Crippen LogP contribution >= 0.6 is 0 Å². The van der Waals surface area contributed by atoms with Crippen LogP contribution in [0.3, 0.4) is 0 Å². The quantitative estimate of drug-likeness (QED) is 0.886. The Kier molecular flexibility index (Phi) is 4.39. The molecule has 0 aliphatic carbocycles. The van der Waals surface area contributed by atoms with Crippen LogP contribution < -0.4 is 0 Å². The molecule has 0 radical (unpaired) electrons. The highest BCUT2D eigenvalue weighted by Crippen LogP contribution is 2.33. The summed E-state index contributed by atoms with van der Waals surface area (Å²) in [6, 6.07) is 0.987. The van der Waals surface area contributed by atoms with Gasteiger partial charge in [0.05, 0.1) is 5.56 Å². The maximum atomic E-state index is 12.8. The van der Waals surface area contributed by atoms with E-state index in [0.717, 1.165) is 10.6 Å². The molecule has 1 aromatic heterocycles. The number of halogens is 3. The van der Waals surface area contributed by atoms with E-state index in [4.69, 9.17) is 5.11 Å². The number of carboxylic acids is 1. The van der Waals surface area contributed by atoms with Crippen molar-refractivity contribution >= 4 is 5.97 Å². The fourth-order valence-electron chi connectivity index (χ4n) is 1.70. The maximum Gasteiger partial charge on any atom is 0.432 e. The number of rotatable bonds is 5. The molecule has 0 aliphatic rings. The molecule has 102 valence electrons. The Morgan fingerprint density at radius 1 is 1.44 bits per heavy atom. The molecule has 0 fully saturated rings. The highest BCUT2D eigenvalue weighted by Gasteiger charge is 2.38. The van der Waals surface area contributed by atoms with Gasteiger partial charge in [-0.2, -0.15) is 13.2 Å². The van der Waals surface area contributed by atoms with Crippen molar-refractivity contribution in [3.8, 4) is 0 Å². The molecule has 0 aromatic carbocycles. The first-order chi connectivity index (χ1) is 8.23. The SMILES string of the molecule is CN(C)CCCn1ccc(C(=O)O)c1C(F)(F)F. The molecular formula is C11H15F3N2O2. The fourth-order valence-corrected chi connectivity index (χ4v) is 1.70. The van der Waals surface area contributed by atoms with Crippen LogP contribution in [0.25, 0.3) is 0 Å². The number of alkyl halides is 3. The van der Waals surface area contributed by atoms with Crippen LogP contribution in [0.2, 0.25) is 0 Å². The van der Waals surface area contributed by atoms with Crippen LogP contribution in [-0.2, 0) is 12.7 Å². The Morgan fingerprint density at radius 2 is 2.06 bits per heavy atom. The third-order valence-electron chi connectivity index (χ3n) is 2.47. The van der Waals surface area contributed by atoms with E-state index in [1.165, 1.54) is 6.20 Å². The lowest BCUT2D eigenvalue weighted by Crippen LogP contribution is -2.20. The zero-order chi connectivity index (χ0) is 13.9. The van der Waals surface area contributed by atoms with E-state index in [0.29, 0.717) is 13.0 Å². The van der Waals surface area contributed by atoms with Crippen molar-refractivity contribution in [2.24, 2.45) is 0 Å². The predicted octanol–water partition coefficient (Wildman–Crippen LogP) is 2.16. The topological polar surface area (TPSA) is 45.5 Å². The van der Waals surface area contributed by atoms with Gasteiger partial charge in [0.25, 0.3) is 0 Å². The smallest absolute Gasteiger partial charge is 0.432 e. The summed E-state index contributed by atoms with van der Waals surface area (Å²) in [5.41, 5.74) is -1.79. The van der Waals surface area contributed by atoms with Crippen LogP contribution in [-0.4, -0.2) is 41.2 Å². The van der Waals surface area contributed by atoms with E-state index >= 15 is 0 Å². The number of carbonyl (C=O) groups is 1. The highest BCUT2D eigenvalue weighted by molar-refractivity contribution is 5.89. The van der Waals surface area contributed by atoms with Crippen molar-refractivity contribution in [3.63, 3.8) is 0 Å². The third-order valence-corrected chi connectivity index (χ3v) is 2.47. The molecule has 1 aromatic rings. The minimum atomic E-state index is -4.66. The number of aromatic carboxylic acids is 1. The molecule has 7 heteroatoms. The molecular weight excluding hydrogens is 249 g/mol. The van der Waals surface area contributed by atoms with Gasteiger partial charge < -0.3 is 14.6 Å². The molecule has 0 spiro atoms. The molecule has 1 heterocycles. The molecule has 4 nitrogen and oxygen atoms in total. The van der Waals surface area contributed by atoms with Crippen molar-refractivity contribution in [3.05, 3.63) is 23.5 Å². The van der Waals surface area contributed by atoms with Crippen LogP contribution in [0.1, 0.15) is 22.5 Å². The van der Waals surface area contributed by atoms with Crippen LogP contribution in [0.15, 0.2) is 12.3 Å². The van der Waals surface area contributed by atoms with E-state index in [-0.39, 0.29) is 6.54 Å². The number of hydrogen-bond acceptors (Lipinski definition) is 2. The minimum absolute atomic E-state index is 0.139. The second kappa shape index (κ2) is 5.43. The van der Waals surface area contributed by atoms with Gasteiger partial charge in [-0.15, -0.1) is 0 Å². The van der Waals surface area contributed by atoms with Crippen LogP contribution in [0.5, 0.6) is 0 Å². The van der Waals surface area contributed by atoms with Gasteiger partial charge in [0, 0.05) is 12.7 Å². The summed E-state index contributed by atoms with van der Waals surface area (Å²) in [6.45, 7) is 0.776. The van der Waals surface area contributed by atoms with Gasteiger partial charge in [0.2, 0.25) is 0 Å². The minimum Gasteiger partial charge on any atom is -0.478 e. The molecule has 0 amide bonds. The van der Waals surface area contributed by atoms with Gasteiger partial charge in [-0.25, -0.2) is 4.79 Å². The number of hydrogen-bond donors (Lipinski definition) is 1. The molecule has 1 rings (SSSR count). The van der Waals surface area contributed by atoms with E-state index < -0.39 is 23.4 Å². The first kappa shape index (κ1) is 14.6. The van der Waals surface area contributed by atoms with Crippen molar-refractivity contribution in [1.29, 1.82) is 0 Å². The molecule has 0 bridgehead atoms. The molecule has 0 saturated carbocycles. The van der Waals surface area contributed by atoms with E-state index in [1.54, 1.807) is 0 Å². The van der Waals surface area contributed by atoms with Crippen molar-refractivity contribution in [2.75, 3.05) is 20.6 Å². The standard InChI is InChI=1S/C11H15F3N2O2/c1-15(2)5-3-6-16-7-4-8(10(17)18)9(16)11(12,13)14/h4,7H,3,5-6H2,1-2H3,(H,17,18). The Labute approximate surface area is 103 Å². The maximum absolute atomic E-state index is 12.8. The van der Waals surface area contributed by atoms with Crippen LogP contribution in [0.4, 0.5) is 13.2 Å². The lowest BCUT2D eigenvalue weighted by molar-refractivity contribution is -0.144. The van der Waals surface area contributed by atoms with Gasteiger partial charge in [-0.1, -0.05) is 0 Å². The number of carboxylic acid groups (broad SMARTS) is 1. The average molecular weight is 264 g/mol. The van der Waals surface area contributed by atoms with Gasteiger partial charge >= 0.3 is 12.1 Å². The zero-order valence-corrected chi connectivity index (χ0v) is 10.2. The van der Waals surface area contributed by atoms with E-state index in [1.807, 2.05) is 19.0 Å². The van der Waals surface area contributed by atoms with E-state index in [2.05, 4.69) is 0 Å². The summed E-state index contributed by atoms with van der Waals surface area (Å²) in [6.07, 6.45) is -2.97. The van der Waals surface area contributed by atoms with Gasteiger partial charge in [-0.3, -0.25) is 0 Å². The highest BCUT2D eigenvalue weighted by atomic mass is 19.4. The summed E-state index contributed by atoms with van der Waals surface area (Å²) in [5, 5.41) is 8.73. The summed E-state index contributed by atoms with van der Waals surface area (Å²) in [5.74, 6) is -1.56. The Balaban J connectivity index is 2.95. The van der Waals surface area contributed by atoms with Crippen molar-refractivity contribution < 1.29 is 23.1 Å². The monoisotopic (exact) mass is 264 g/mol.